The number of hydrogen-bond acceptors (Lipinski definition) is 5. The zero-order valence-electron chi connectivity index (χ0n) is 14.8. The molecule has 0 aliphatic carbocycles. The minimum Gasteiger partial charge on any atom is -0.467 e. The molecule has 1 fully saturated rings. The number of carbonyl (C=O) groups excluding carboxylic acids is 1. The Balaban J connectivity index is 0.00000169. The first-order chi connectivity index (χ1) is 11.6. The van der Waals surface area contributed by atoms with E-state index in [9.17, 15) is 4.79 Å². The number of nitrogens with two attached hydrogens (primary N) is 1. The summed E-state index contributed by atoms with van der Waals surface area (Å²) in [5, 5.41) is 2.97. The van der Waals surface area contributed by atoms with Crippen molar-refractivity contribution < 1.29 is 13.9 Å². The van der Waals surface area contributed by atoms with Gasteiger partial charge in [-0.25, -0.2) is 0 Å². The maximum Gasteiger partial charge on any atom is 0.258 e. The molecule has 1 amide bonds. The summed E-state index contributed by atoms with van der Waals surface area (Å²) < 4.78 is 11.0. The predicted octanol–water partition coefficient (Wildman–Crippen LogP) is 3.45. The molecule has 6 nitrogen and oxygen atoms in total. The van der Waals surface area contributed by atoms with Crippen LogP contribution in [-0.4, -0.2) is 31.2 Å². The molecule has 0 spiro atoms. The van der Waals surface area contributed by atoms with Crippen molar-refractivity contribution in [1.29, 1.82) is 0 Å². The fourth-order valence-electron chi connectivity index (χ4n) is 3.03. The van der Waals surface area contributed by atoms with Crippen LogP contribution in [0.25, 0.3) is 0 Å². The summed E-state index contributed by atoms with van der Waals surface area (Å²) in [5.74, 6) is 0.379. The van der Waals surface area contributed by atoms with Crippen molar-refractivity contribution in [3.63, 3.8) is 0 Å². The number of carbonyl (C=O) groups is 1. The van der Waals surface area contributed by atoms with Gasteiger partial charge in [-0.1, -0.05) is 12.1 Å². The highest BCUT2D eigenvalue weighted by Crippen LogP contribution is 2.29. The van der Waals surface area contributed by atoms with Crippen molar-refractivity contribution in [3.05, 3.63) is 47.9 Å². The molecule has 26 heavy (non-hydrogen) atoms. The number of amides is 1. The monoisotopic (exact) mass is 401 g/mol. The van der Waals surface area contributed by atoms with Crippen molar-refractivity contribution in [3.8, 4) is 0 Å². The van der Waals surface area contributed by atoms with Crippen LogP contribution in [0.3, 0.4) is 0 Å². The summed E-state index contributed by atoms with van der Waals surface area (Å²) in [4.78, 5) is 14.7. The van der Waals surface area contributed by atoms with E-state index in [4.69, 9.17) is 14.9 Å². The van der Waals surface area contributed by atoms with Gasteiger partial charge in [0.2, 0.25) is 0 Å². The fraction of sp³-hybridized carbons (Fsp3) is 0.389. The third kappa shape index (κ3) is 5.14. The summed E-state index contributed by atoms with van der Waals surface area (Å²) >= 11 is 0. The molecule has 1 aromatic heterocycles. The van der Waals surface area contributed by atoms with Gasteiger partial charge in [-0.15, -0.1) is 24.8 Å². The van der Waals surface area contributed by atoms with E-state index >= 15 is 0 Å². The van der Waals surface area contributed by atoms with E-state index in [1.54, 1.807) is 6.07 Å². The van der Waals surface area contributed by atoms with E-state index < -0.39 is 0 Å². The molecular formula is C18H25Cl2N3O3. The molecule has 0 saturated carbocycles. The normalized spacial score (nSPS) is 19.3. The van der Waals surface area contributed by atoms with Gasteiger partial charge >= 0.3 is 0 Å². The second kappa shape index (κ2) is 9.83. The molecule has 2 unspecified atom stereocenters. The van der Waals surface area contributed by atoms with Crippen LogP contribution in [0.5, 0.6) is 0 Å². The number of morpholine rings is 1. The highest BCUT2D eigenvalue weighted by molar-refractivity contribution is 6.05. The Hall–Kier alpha value is -1.73. The van der Waals surface area contributed by atoms with Gasteiger partial charge in [0.05, 0.1) is 35.7 Å². The van der Waals surface area contributed by atoms with Crippen LogP contribution in [0, 0.1) is 0 Å². The maximum absolute atomic E-state index is 12.5. The van der Waals surface area contributed by atoms with E-state index in [1.807, 2.05) is 24.3 Å². The molecule has 3 N–H and O–H groups in total. The number of benzene rings is 1. The lowest BCUT2D eigenvalue weighted by atomic mass is 10.1. The molecule has 1 aliphatic rings. The summed E-state index contributed by atoms with van der Waals surface area (Å²) in [6, 6.07) is 9.47. The summed E-state index contributed by atoms with van der Waals surface area (Å²) in [6.07, 6.45) is 1.73. The van der Waals surface area contributed by atoms with Crippen LogP contribution in [0.15, 0.2) is 41.0 Å². The number of halogens is 2. The van der Waals surface area contributed by atoms with Crippen LogP contribution >= 0.6 is 24.8 Å². The van der Waals surface area contributed by atoms with Gasteiger partial charge in [0, 0.05) is 13.1 Å². The Kier molecular flexibility index (Phi) is 8.43. The predicted molar refractivity (Wildman–Crippen MR) is 108 cm³/mol. The lowest BCUT2D eigenvalue weighted by Gasteiger charge is -2.37. The van der Waals surface area contributed by atoms with Crippen molar-refractivity contribution in [1.82, 2.24) is 0 Å². The van der Waals surface area contributed by atoms with E-state index in [2.05, 4.69) is 24.1 Å². The molecule has 2 heterocycles. The highest BCUT2D eigenvalue weighted by Gasteiger charge is 2.24. The zero-order chi connectivity index (χ0) is 17.1. The first-order valence-corrected chi connectivity index (χ1v) is 8.15. The number of hydrogen-bond donors (Lipinski definition) is 2. The van der Waals surface area contributed by atoms with Crippen molar-refractivity contribution in [2.75, 3.05) is 23.3 Å². The Morgan fingerprint density at radius 1 is 1.23 bits per heavy atom. The topological polar surface area (TPSA) is 80.7 Å². The molecule has 0 bridgehead atoms. The Morgan fingerprint density at radius 2 is 1.88 bits per heavy atom. The first kappa shape index (κ1) is 22.3. The molecule has 144 valence electrons. The van der Waals surface area contributed by atoms with Crippen molar-refractivity contribution in [2.24, 2.45) is 5.73 Å². The van der Waals surface area contributed by atoms with Crippen molar-refractivity contribution >= 4 is 42.1 Å². The fourth-order valence-corrected chi connectivity index (χ4v) is 3.03. The highest BCUT2D eigenvalue weighted by atomic mass is 35.5. The van der Waals surface area contributed by atoms with Crippen molar-refractivity contribution in [2.45, 2.75) is 32.6 Å². The smallest absolute Gasteiger partial charge is 0.258 e. The minimum atomic E-state index is -0.208. The molecule has 2 aromatic rings. The number of para-hydroxylation sites is 2. The van der Waals surface area contributed by atoms with Gasteiger partial charge in [-0.05, 0) is 32.0 Å². The molecule has 1 aromatic carbocycles. The number of rotatable bonds is 4. The van der Waals surface area contributed by atoms with Gasteiger partial charge < -0.3 is 25.1 Å². The largest absolute Gasteiger partial charge is 0.467 e. The van der Waals surface area contributed by atoms with Gasteiger partial charge in [-0.3, -0.25) is 4.79 Å². The van der Waals surface area contributed by atoms with Crippen LogP contribution in [0.2, 0.25) is 0 Å². The van der Waals surface area contributed by atoms with Crippen LogP contribution < -0.4 is 16.0 Å². The number of nitrogens with one attached hydrogen (secondary N) is 1. The van der Waals surface area contributed by atoms with E-state index in [-0.39, 0.29) is 49.5 Å². The van der Waals surface area contributed by atoms with Crippen LogP contribution in [0.1, 0.15) is 30.0 Å². The zero-order valence-corrected chi connectivity index (χ0v) is 16.4. The lowest BCUT2D eigenvalue weighted by molar-refractivity contribution is -0.00517. The molecule has 8 heteroatoms. The Morgan fingerprint density at radius 3 is 2.50 bits per heavy atom. The van der Waals surface area contributed by atoms with E-state index in [0.29, 0.717) is 11.3 Å². The maximum atomic E-state index is 12.5. The van der Waals surface area contributed by atoms with Crippen LogP contribution in [-0.2, 0) is 11.3 Å². The molecule has 0 radical (unpaired) electrons. The van der Waals surface area contributed by atoms with Gasteiger partial charge in [0.1, 0.15) is 12.0 Å². The van der Waals surface area contributed by atoms with Gasteiger partial charge in [0.15, 0.2) is 0 Å². The van der Waals surface area contributed by atoms with E-state index in [1.165, 1.54) is 6.26 Å². The molecule has 1 aliphatic heterocycles. The molecular weight excluding hydrogens is 377 g/mol. The Bertz CT molecular complexity index is 713. The standard InChI is InChI=1S/C18H23N3O3.2ClH/c1-12-9-21(10-13(2)24-12)17-6-4-3-5-16(17)20-18(22)14-7-15(8-19)23-11-14;;/h3-7,11-13H,8-10,19H2,1-2H3,(H,20,22);2*1H. The summed E-state index contributed by atoms with van der Waals surface area (Å²) in [6.45, 7) is 5.97. The third-order valence-corrected chi connectivity index (χ3v) is 4.03. The second-order valence-electron chi connectivity index (χ2n) is 6.14. The second-order valence-corrected chi connectivity index (χ2v) is 6.14. The summed E-state index contributed by atoms with van der Waals surface area (Å²) in [5.41, 5.74) is 7.76. The SMILES string of the molecule is CC1CN(c2ccccc2NC(=O)c2coc(CN)c2)CC(C)O1.Cl.Cl. The molecule has 1 saturated heterocycles. The lowest BCUT2D eigenvalue weighted by Crippen LogP contribution is -2.45. The average Bonchev–Trinajstić information content (AvgIpc) is 3.03. The number of nitrogens with zero attached hydrogens (tertiary/aromatic N) is 1. The number of furan rings is 1. The molecule has 3 rings (SSSR count). The first-order valence-electron chi connectivity index (χ1n) is 8.15. The average molecular weight is 402 g/mol. The molecule has 2 atom stereocenters. The van der Waals surface area contributed by atoms with Gasteiger partial charge in [-0.2, -0.15) is 0 Å². The van der Waals surface area contributed by atoms with Crippen LogP contribution in [0.4, 0.5) is 11.4 Å². The summed E-state index contributed by atoms with van der Waals surface area (Å²) in [7, 11) is 0. The Labute approximate surface area is 165 Å². The third-order valence-electron chi connectivity index (χ3n) is 4.03. The van der Waals surface area contributed by atoms with Gasteiger partial charge in [0.25, 0.3) is 5.91 Å². The number of anilines is 2. The van der Waals surface area contributed by atoms with E-state index in [0.717, 1.165) is 24.5 Å². The minimum absolute atomic E-state index is 0. The quantitative estimate of drug-likeness (QED) is 0.819. The number of ether oxygens (including phenoxy) is 1.